The molecule has 0 amide bonds. The van der Waals surface area contributed by atoms with Crippen LogP contribution in [0, 0.1) is 5.92 Å². The van der Waals surface area contributed by atoms with Crippen molar-refractivity contribution in [3.8, 4) is 11.5 Å². The van der Waals surface area contributed by atoms with Crippen molar-refractivity contribution in [1.29, 1.82) is 0 Å². The van der Waals surface area contributed by atoms with Crippen molar-refractivity contribution in [2.75, 3.05) is 27.3 Å². The van der Waals surface area contributed by atoms with Gasteiger partial charge in [0, 0.05) is 6.07 Å². The van der Waals surface area contributed by atoms with Crippen LogP contribution in [0.25, 0.3) is 0 Å². The van der Waals surface area contributed by atoms with Gasteiger partial charge < -0.3 is 14.8 Å². The quantitative estimate of drug-likeness (QED) is 0.872. The summed E-state index contributed by atoms with van der Waals surface area (Å²) in [5, 5.41) is 3.43. The molecule has 17 heavy (non-hydrogen) atoms. The van der Waals surface area contributed by atoms with Gasteiger partial charge in [0.2, 0.25) is 0 Å². The lowest BCUT2D eigenvalue weighted by Gasteiger charge is -2.30. The summed E-state index contributed by atoms with van der Waals surface area (Å²) in [5.74, 6) is 3.01. The topological polar surface area (TPSA) is 30.5 Å². The molecule has 0 spiro atoms. The Kier molecular flexibility index (Phi) is 3.89. The average Bonchev–Trinajstić information content (AvgIpc) is 2.38. The van der Waals surface area contributed by atoms with Crippen LogP contribution in [-0.4, -0.2) is 27.3 Å². The molecular formula is C14H21NO2. The van der Waals surface area contributed by atoms with Crippen LogP contribution in [0.5, 0.6) is 11.5 Å². The van der Waals surface area contributed by atoms with E-state index in [1.165, 1.54) is 12.0 Å². The predicted octanol–water partition coefficient (Wildman–Crippen LogP) is 2.42. The van der Waals surface area contributed by atoms with E-state index in [1.807, 2.05) is 6.07 Å². The Morgan fingerprint density at radius 3 is 2.29 bits per heavy atom. The number of rotatable bonds is 3. The fourth-order valence-corrected chi connectivity index (χ4v) is 2.55. The van der Waals surface area contributed by atoms with Gasteiger partial charge >= 0.3 is 0 Å². The van der Waals surface area contributed by atoms with Crippen LogP contribution in [0.15, 0.2) is 18.2 Å². The van der Waals surface area contributed by atoms with E-state index in [9.17, 15) is 0 Å². The minimum absolute atomic E-state index is 0.597. The molecule has 1 aromatic carbocycles. The maximum atomic E-state index is 5.33. The van der Waals surface area contributed by atoms with E-state index in [1.54, 1.807) is 14.2 Å². The van der Waals surface area contributed by atoms with E-state index in [4.69, 9.17) is 9.47 Å². The molecule has 94 valence electrons. The van der Waals surface area contributed by atoms with Crippen molar-refractivity contribution in [3.63, 3.8) is 0 Å². The summed E-state index contributed by atoms with van der Waals surface area (Å²) in [6.07, 6.45) is 1.18. The van der Waals surface area contributed by atoms with Crippen LogP contribution in [-0.2, 0) is 0 Å². The van der Waals surface area contributed by atoms with E-state index >= 15 is 0 Å². The Morgan fingerprint density at radius 1 is 1.12 bits per heavy atom. The molecule has 0 bridgehead atoms. The van der Waals surface area contributed by atoms with Crippen molar-refractivity contribution in [3.05, 3.63) is 23.8 Å². The molecule has 1 N–H and O–H groups in total. The summed E-state index contributed by atoms with van der Waals surface area (Å²) in [5.41, 5.74) is 1.33. The van der Waals surface area contributed by atoms with Gasteiger partial charge in [0.25, 0.3) is 0 Å². The minimum atomic E-state index is 0.597. The van der Waals surface area contributed by atoms with Crippen LogP contribution < -0.4 is 14.8 Å². The standard InChI is InChI=1S/C14H21NO2/c1-10-9-15-5-4-14(10)11-6-12(16-2)8-13(7-11)17-3/h6-8,10,14-15H,4-5,9H2,1-3H3. The second-order valence-electron chi connectivity index (χ2n) is 4.72. The summed E-state index contributed by atoms with van der Waals surface area (Å²) >= 11 is 0. The first kappa shape index (κ1) is 12.2. The maximum absolute atomic E-state index is 5.33. The van der Waals surface area contributed by atoms with Gasteiger partial charge in [-0.15, -0.1) is 0 Å². The van der Waals surface area contributed by atoms with Gasteiger partial charge in [0.1, 0.15) is 11.5 Å². The Balaban J connectivity index is 2.29. The largest absolute Gasteiger partial charge is 0.497 e. The van der Waals surface area contributed by atoms with Crippen LogP contribution in [0.3, 0.4) is 0 Å². The Bertz CT molecular complexity index is 356. The zero-order valence-corrected chi connectivity index (χ0v) is 10.8. The fraction of sp³-hybridized carbons (Fsp3) is 0.571. The normalized spacial score (nSPS) is 24.4. The molecule has 3 nitrogen and oxygen atoms in total. The van der Waals surface area contributed by atoms with Crippen molar-refractivity contribution < 1.29 is 9.47 Å². The molecule has 1 aliphatic rings. The molecule has 1 fully saturated rings. The van der Waals surface area contributed by atoms with E-state index in [0.29, 0.717) is 11.8 Å². The first-order chi connectivity index (χ1) is 8.24. The zero-order valence-electron chi connectivity index (χ0n) is 10.8. The molecule has 1 saturated heterocycles. The molecule has 0 aromatic heterocycles. The summed E-state index contributed by atoms with van der Waals surface area (Å²) < 4.78 is 10.7. The highest BCUT2D eigenvalue weighted by Crippen LogP contribution is 2.34. The minimum Gasteiger partial charge on any atom is -0.497 e. The third kappa shape index (κ3) is 2.72. The van der Waals surface area contributed by atoms with Crippen molar-refractivity contribution in [1.82, 2.24) is 5.32 Å². The summed E-state index contributed by atoms with van der Waals surface area (Å²) in [4.78, 5) is 0. The van der Waals surface area contributed by atoms with Crippen molar-refractivity contribution in [2.45, 2.75) is 19.3 Å². The molecule has 0 aliphatic carbocycles. The van der Waals surface area contributed by atoms with Gasteiger partial charge in [-0.25, -0.2) is 0 Å². The molecule has 0 radical (unpaired) electrons. The van der Waals surface area contributed by atoms with E-state index in [-0.39, 0.29) is 0 Å². The third-order valence-electron chi connectivity index (χ3n) is 3.59. The van der Waals surface area contributed by atoms with Gasteiger partial charge in [-0.05, 0) is 49.0 Å². The second kappa shape index (κ2) is 5.41. The van der Waals surface area contributed by atoms with Gasteiger partial charge in [0.15, 0.2) is 0 Å². The number of methoxy groups -OCH3 is 2. The van der Waals surface area contributed by atoms with Crippen molar-refractivity contribution in [2.24, 2.45) is 5.92 Å². The molecule has 3 heteroatoms. The third-order valence-corrected chi connectivity index (χ3v) is 3.59. The molecule has 1 aliphatic heterocycles. The van der Waals surface area contributed by atoms with E-state index in [2.05, 4.69) is 24.4 Å². The van der Waals surface area contributed by atoms with Crippen LogP contribution in [0.2, 0.25) is 0 Å². The van der Waals surface area contributed by atoms with Crippen LogP contribution >= 0.6 is 0 Å². The average molecular weight is 235 g/mol. The molecule has 2 rings (SSSR count). The summed E-state index contributed by atoms with van der Waals surface area (Å²) in [6.45, 7) is 4.47. The Hall–Kier alpha value is -1.22. The molecular weight excluding hydrogens is 214 g/mol. The Labute approximate surface area is 103 Å². The van der Waals surface area contributed by atoms with Gasteiger partial charge in [-0.3, -0.25) is 0 Å². The molecule has 0 saturated carbocycles. The first-order valence-electron chi connectivity index (χ1n) is 6.18. The van der Waals surface area contributed by atoms with E-state index < -0.39 is 0 Å². The summed E-state index contributed by atoms with van der Waals surface area (Å²) in [7, 11) is 3.40. The highest BCUT2D eigenvalue weighted by molar-refractivity contribution is 5.40. The number of benzene rings is 1. The number of nitrogens with one attached hydrogen (secondary N) is 1. The molecule has 2 unspecified atom stereocenters. The molecule has 1 aromatic rings. The lowest BCUT2D eigenvalue weighted by Crippen LogP contribution is -2.33. The van der Waals surface area contributed by atoms with E-state index in [0.717, 1.165) is 24.6 Å². The molecule has 1 heterocycles. The highest BCUT2D eigenvalue weighted by atomic mass is 16.5. The second-order valence-corrected chi connectivity index (χ2v) is 4.72. The first-order valence-corrected chi connectivity index (χ1v) is 6.18. The highest BCUT2D eigenvalue weighted by Gasteiger charge is 2.23. The maximum Gasteiger partial charge on any atom is 0.122 e. The monoisotopic (exact) mass is 235 g/mol. The number of ether oxygens (including phenoxy) is 2. The number of hydrogen-bond acceptors (Lipinski definition) is 3. The fourth-order valence-electron chi connectivity index (χ4n) is 2.55. The van der Waals surface area contributed by atoms with Crippen LogP contribution in [0.1, 0.15) is 24.8 Å². The zero-order chi connectivity index (χ0) is 12.3. The van der Waals surface area contributed by atoms with Gasteiger partial charge in [-0.2, -0.15) is 0 Å². The lowest BCUT2D eigenvalue weighted by atomic mass is 9.82. The van der Waals surface area contributed by atoms with Crippen LogP contribution in [0.4, 0.5) is 0 Å². The molecule has 2 atom stereocenters. The van der Waals surface area contributed by atoms with Gasteiger partial charge in [-0.1, -0.05) is 6.92 Å². The predicted molar refractivity (Wildman–Crippen MR) is 68.9 cm³/mol. The number of piperidine rings is 1. The van der Waals surface area contributed by atoms with Gasteiger partial charge in [0.05, 0.1) is 14.2 Å². The lowest BCUT2D eigenvalue weighted by molar-refractivity contribution is 0.344. The summed E-state index contributed by atoms with van der Waals surface area (Å²) in [6, 6.07) is 6.19. The van der Waals surface area contributed by atoms with Crippen molar-refractivity contribution >= 4 is 0 Å². The smallest absolute Gasteiger partial charge is 0.122 e. The SMILES string of the molecule is COc1cc(OC)cc(C2CCNCC2C)c1. The number of hydrogen-bond donors (Lipinski definition) is 1. The Morgan fingerprint density at radius 2 is 1.76 bits per heavy atom.